The van der Waals surface area contributed by atoms with Crippen LogP contribution in [0.1, 0.15) is 33.1 Å². The van der Waals surface area contributed by atoms with Gasteiger partial charge < -0.3 is 10.1 Å². The molecule has 4 nitrogen and oxygen atoms in total. The number of hydrogen-bond acceptors (Lipinski definition) is 3. The topological polar surface area (TPSA) is 41.6 Å². The van der Waals surface area contributed by atoms with Crippen LogP contribution in [0.25, 0.3) is 0 Å². The second kappa shape index (κ2) is 5.15. The van der Waals surface area contributed by atoms with Gasteiger partial charge in [0.25, 0.3) is 0 Å². The predicted molar refractivity (Wildman–Crippen MR) is 62.2 cm³/mol. The molecule has 2 aliphatic rings. The van der Waals surface area contributed by atoms with Crippen molar-refractivity contribution in [2.24, 2.45) is 0 Å². The molecule has 0 aromatic heterocycles. The van der Waals surface area contributed by atoms with Gasteiger partial charge in [-0.1, -0.05) is 6.92 Å². The van der Waals surface area contributed by atoms with Crippen LogP contribution in [0.5, 0.6) is 0 Å². The average molecular weight is 226 g/mol. The maximum Gasteiger partial charge on any atom is 0.237 e. The monoisotopic (exact) mass is 226 g/mol. The highest BCUT2D eigenvalue weighted by atomic mass is 16.5. The minimum atomic E-state index is -0.0152. The lowest BCUT2D eigenvalue weighted by atomic mass is 10.1. The van der Waals surface area contributed by atoms with Crippen molar-refractivity contribution >= 4 is 5.91 Å². The van der Waals surface area contributed by atoms with Crippen LogP contribution in [0.4, 0.5) is 0 Å². The van der Waals surface area contributed by atoms with E-state index in [1.807, 2.05) is 6.92 Å². The van der Waals surface area contributed by atoms with Crippen molar-refractivity contribution < 1.29 is 9.53 Å². The molecule has 2 rings (SSSR count). The zero-order chi connectivity index (χ0) is 11.5. The Hall–Kier alpha value is -0.610. The van der Waals surface area contributed by atoms with Gasteiger partial charge in [0.1, 0.15) is 0 Å². The molecule has 1 saturated heterocycles. The molecule has 1 N–H and O–H groups in total. The number of ether oxygens (including phenoxy) is 1. The van der Waals surface area contributed by atoms with Crippen LogP contribution in [-0.4, -0.2) is 48.7 Å². The number of morpholine rings is 1. The van der Waals surface area contributed by atoms with Crippen LogP contribution in [-0.2, 0) is 9.53 Å². The molecule has 16 heavy (non-hydrogen) atoms. The summed E-state index contributed by atoms with van der Waals surface area (Å²) >= 11 is 0. The molecule has 1 aliphatic heterocycles. The van der Waals surface area contributed by atoms with Crippen LogP contribution < -0.4 is 5.32 Å². The minimum Gasteiger partial charge on any atom is -0.376 e. The Morgan fingerprint density at radius 2 is 2.31 bits per heavy atom. The molecule has 0 aromatic rings. The van der Waals surface area contributed by atoms with E-state index in [0.29, 0.717) is 12.1 Å². The molecule has 0 aromatic carbocycles. The van der Waals surface area contributed by atoms with Crippen molar-refractivity contribution in [3.63, 3.8) is 0 Å². The molecule has 0 unspecified atom stereocenters. The van der Waals surface area contributed by atoms with Gasteiger partial charge >= 0.3 is 0 Å². The van der Waals surface area contributed by atoms with Gasteiger partial charge in [0, 0.05) is 19.1 Å². The minimum absolute atomic E-state index is 0.0152. The molecule has 4 heteroatoms. The van der Waals surface area contributed by atoms with E-state index in [0.717, 1.165) is 39.0 Å². The molecule has 0 bridgehead atoms. The quantitative estimate of drug-likeness (QED) is 0.769. The summed E-state index contributed by atoms with van der Waals surface area (Å²) in [4.78, 5) is 14.1. The maximum atomic E-state index is 11.9. The number of hydrogen-bond donors (Lipinski definition) is 1. The van der Waals surface area contributed by atoms with E-state index in [-0.39, 0.29) is 11.9 Å². The Morgan fingerprint density at radius 1 is 1.56 bits per heavy atom. The van der Waals surface area contributed by atoms with Crippen LogP contribution in [0, 0.1) is 0 Å². The van der Waals surface area contributed by atoms with E-state index in [4.69, 9.17) is 4.74 Å². The fourth-order valence-electron chi connectivity index (χ4n) is 2.06. The highest BCUT2D eigenvalue weighted by Gasteiger charge is 2.30. The Balaban J connectivity index is 1.82. The molecule has 1 saturated carbocycles. The van der Waals surface area contributed by atoms with Gasteiger partial charge in [-0.05, 0) is 26.2 Å². The first-order chi connectivity index (χ1) is 7.70. The summed E-state index contributed by atoms with van der Waals surface area (Å²) in [5.41, 5.74) is 0. The van der Waals surface area contributed by atoms with Gasteiger partial charge in [-0.2, -0.15) is 0 Å². The van der Waals surface area contributed by atoms with Gasteiger partial charge in [-0.15, -0.1) is 0 Å². The Kier molecular flexibility index (Phi) is 3.82. The fourth-order valence-corrected chi connectivity index (χ4v) is 2.06. The molecular formula is C12H22N2O2. The van der Waals surface area contributed by atoms with Crippen LogP contribution in [0.15, 0.2) is 0 Å². The third-order valence-electron chi connectivity index (χ3n) is 3.48. The first kappa shape index (κ1) is 11.9. The lowest BCUT2D eigenvalue weighted by Gasteiger charge is -2.35. The number of nitrogens with one attached hydrogen (secondary N) is 1. The zero-order valence-electron chi connectivity index (χ0n) is 10.2. The average Bonchev–Trinajstić information content (AvgIpc) is 3.12. The van der Waals surface area contributed by atoms with E-state index in [1.165, 1.54) is 0 Å². The van der Waals surface area contributed by atoms with E-state index in [9.17, 15) is 4.79 Å². The molecule has 2 atom stereocenters. The fraction of sp³-hybridized carbons (Fsp3) is 0.917. The highest BCUT2D eigenvalue weighted by molar-refractivity contribution is 5.81. The van der Waals surface area contributed by atoms with Crippen molar-refractivity contribution in [2.45, 2.75) is 51.3 Å². The summed E-state index contributed by atoms with van der Waals surface area (Å²) in [6, 6.07) is 0.441. The molecule has 0 spiro atoms. The van der Waals surface area contributed by atoms with Crippen molar-refractivity contribution in [3.8, 4) is 0 Å². The van der Waals surface area contributed by atoms with Crippen molar-refractivity contribution in [3.05, 3.63) is 0 Å². The van der Waals surface area contributed by atoms with Crippen molar-refractivity contribution in [1.82, 2.24) is 10.2 Å². The van der Waals surface area contributed by atoms with Gasteiger partial charge in [0.05, 0.1) is 18.8 Å². The Labute approximate surface area is 97.3 Å². The van der Waals surface area contributed by atoms with Gasteiger partial charge in [-0.3, -0.25) is 9.69 Å². The predicted octanol–water partition coefficient (Wildman–Crippen LogP) is 0.764. The number of carbonyl (C=O) groups excluding carboxylic acids is 1. The molecule has 1 aliphatic carbocycles. The number of rotatable bonds is 4. The van der Waals surface area contributed by atoms with Gasteiger partial charge in [0.15, 0.2) is 0 Å². The molecular weight excluding hydrogens is 204 g/mol. The molecule has 1 heterocycles. The Morgan fingerprint density at radius 3 is 2.94 bits per heavy atom. The maximum absolute atomic E-state index is 11.9. The molecule has 0 radical (unpaired) electrons. The lowest BCUT2D eigenvalue weighted by molar-refractivity contribution is -0.129. The first-order valence-corrected chi connectivity index (χ1v) is 6.36. The van der Waals surface area contributed by atoms with E-state index in [2.05, 4.69) is 17.1 Å². The number of nitrogens with zero attached hydrogens (tertiary/aromatic N) is 1. The van der Waals surface area contributed by atoms with Crippen LogP contribution in [0.2, 0.25) is 0 Å². The summed E-state index contributed by atoms with van der Waals surface area (Å²) in [6.07, 6.45) is 3.62. The summed E-state index contributed by atoms with van der Waals surface area (Å²) in [5, 5.41) is 3.06. The number of amides is 1. The Bertz CT molecular complexity index is 253. The van der Waals surface area contributed by atoms with E-state index < -0.39 is 0 Å². The molecule has 2 fully saturated rings. The standard InChI is InChI=1S/C12H22N2O2/c1-3-11-8-14(6-7-16-11)9(2)12(15)13-10-4-5-10/h9-11H,3-8H2,1-2H3,(H,13,15)/t9-,11-/m1/s1. The molecule has 92 valence electrons. The largest absolute Gasteiger partial charge is 0.376 e. The number of carbonyl (C=O) groups is 1. The zero-order valence-corrected chi connectivity index (χ0v) is 10.2. The third-order valence-corrected chi connectivity index (χ3v) is 3.48. The van der Waals surface area contributed by atoms with Gasteiger partial charge in [0.2, 0.25) is 5.91 Å². The summed E-state index contributed by atoms with van der Waals surface area (Å²) in [7, 11) is 0. The second-order valence-corrected chi connectivity index (χ2v) is 4.85. The first-order valence-electron chi connectivity index (χ1n) is 6.36. The van der Waals surface area contributed by atoms with E-state index in [1.54, 1.807) is 0 Å². The summed E-state index contributed by atoms with van der Waals surface area (Å²) in [5.74, 6) is 0.180. The third kappa shape index (κ3) is 2.95. The van der Waals surface area contributed by atoms with Crippen LogP contribution in [0.3, 0.4) is 0 Å². The summed E-state index contributed by atoms with van der Waals surface area (Å²) in [6.45, 7) is 6.63. The lowest BCUT2D eigenvalue weighted by Crippen LogP contribution is -2.52. The smallest absolute Gasteiger partial charge is 0.237 e. The van der Waals surface area contributed by atoms with Crippen molar-refractivity contribution in [2.75, 3.05) is 19.7 Å². The SMILES string of the molecule is CC[C@@H]1CN([C@H](C)C(=O)NC2CC2)CCO1. The second-order valence-electron chi connectivity index (χ2n) is 4.85. The van der Waals surface area contributed by atoms with E-state index >= 15 is 0 Å². The normalized spacial score (nSPS) is 28.8. The van der Waals surface area contributed by atoms with Crippen LogP contribution >= 0.6 is 0 Å². The van der Waals surface area contributed by atoms with Gasteiger partial charge in [-0.25, -0.2) is 0 Å². The highest BCUT2D eigenvalue weighted by Crippen LogP contribution is 2.19. The summed E-state index contributed by atoms with van der Waals surface area (Å²) < 4.78 is 5.61. The molecule has 1 amide bonds. The van der Waals surface area contributed by atoms with Crippen molar-refractivity contribution in [1.29, 1.82) is 0 Å².